The zero-order chi connectivity index (χ0) is 22.7. The topological polar surface area (TPSA) is 37.4 Å². The maximum absolute atomic E-state index is 13.7. The molecule has 1 aliphatic heterocycles. The smallest absolute Gasteiger partial charge is 0.238 e. The Labute approximate surface area is 198 Å². The van der Waals surface area contributed by atoms with Crippen molar-refractivity contribution in [3.63, 3.8) is 0 Å². The Kier molecular flexibility index (Phi) is 4.63. The first kappa shape index (κ1) is 20.2. The highest BCUT2D eigenvalue weighted by Gasteiger charge is 2.62. The molecule has 0 aromatic heterocycles. The van der Waals surface area contributed by atoms with Crippen LogP contribution in [0.2, 0.25) is 5.02 Å². The minimum atomic E-state index is -0.372. The van der Waals surface area contributed by atoms with Gasteiger partial charge in [-0.1, -0.05) is 90.5 Å². The first-order valence-corrected chi connectivity index (χ1v) is 11.6. The minimum absolute atomic E-state index is 0.0867. The van der Waals surface area contributed by atoms with E-state index in [-0.39, 0.29) is 35.5 Å². The van der Waals surface area contributed by atoms with E-state index in [0.29, 0.717) is 10.7 Å². The van der Waals surface area contributed by atoms with Crippen LogP contribution >= 0.6 is 11.6 Å². The van der Waals surface area contributed by atoms with Gasteiger partial charge in [-0.25, -0.2) is 4.90 Å². The van der Waals surface area contributed by atoms with Crippen LogP contribution in [0, 0.1) is 30.6 Å². The lowest BCUT2D eigenvalue weighted by molar-refractivity contribution is -0.122. The summed E-state index contributed by atoms with van der Waals surface area (Å²) >= 11 is 6.21. The van der Waals surface area contributed by atoms with Crippen molar-refractivity contribution in [2.75, 3.05) is 4.90 Å². The van der Waals surface area contributed by atoms with Crippen molar-refractivity contribution in [1.29, 1.82) is 0 Å². The van der Waals surface area contributed by atoms with E-state index >= 15 is 0 Å². The lowest BCUT2D eigenvalue weighted by atomic mass is 9.85. The SMILES string of the molecule is Cc1ccc(Cl)cc1N1C(=O)[C@@H]2[C@@H](C1=O)[C@H]1C=C[C@H]2C1=C(c1ccccc1)c1ccccc1. The number of amides is 2. The summed E-state index contributed by atoms with van der Waals surface area (Å²) in [4.78, 5) is 28.8. The molecule has 162 valence electrons. The number of benzene rings is 3. The van der Waals surface area contributed by atoms with Crippen LogP contribution in [-0.2, 0) is 9.59 Å². The molecule has 0 unspecified atom stereocenters. The number of rotatable bonds is 3. The minimum Gasteiger partial charge on any atom is -0.274 e. The third-order valence-electron chi connectivity index (χ3n) is 7.24. The van der Waals surface area contributed by atoms with Crippen LogP contribution in [0.15, 0.2) is 96.6 Å². The van der Waals surface area contributed by atoms with Gasteiger partial charge in [-0.05, 0) is 46.9 Å². The van der Waals surface area contributed by atoms with Crippen LogP contribution < -0.4 is 4.90 Å². The van der Waals surface area contributed by atoms with Gasteiger partial charge >= 0.3 is 0 Å². The number of nitrogens with zero attached hydrogens (tertiary/aromatic N) is 1. The van der Waals surface area contributed by atoms with Crippen molar-refractivity contribution in [3.05, 3.63) is 118 Å². The molecule has 1 saturated heterocycles. The molecule has 6 rings (SSSR count). The molecule has 0 N–H and O–H groups in total. The monoisotopic (exact) mass is 451 g/mol. The highest BCUT2D eigenvalue weighted by Crippen LogP contribution is 2.59. The second-order valence-corrected chi connectivity index (χ2v) is 9.43. The number of hydrogen-bond acceptors (Lipinski definition) is 2. The number of carbonyl (C=O) groups excluding carboxylic acids is 2. The summed E-state index contributed by atoms with van der Waals surface area (Å²) in [5, 5.41) is 0.519. The summed E-state index contributed by atoms with van der Waals surface area (Å²) in [5.74, 6) is -1.16. The van der Waals surface area contributed by atoms with Gasteiger partial charge in [-0.2, -0.15) is 0 Å². The van der Waals surface area contributed by atoms with Crippen molar-refractivity contribution >= 4 is 34.7 Å². The predicted molar refractivity (Wildman–Crippen MR) is 131 cm³/mol. The highest BCUT2D eigenvalue weighted by atomic mass is 35.5. The van der Waals surface area contributed by atoms with E-state index < -0.39 is 0 Å². The third kappa shape index (κ3) is 2.96. The predicted octanol–water partition coefficient (Wildman–Crippen LogP) is 6.07. The molecule has 33 heavy (non-hydrogen) atoms. The fraction of sp³-hybridized carbons (Fsp3) is 0.172. The molecular weight excluding hydrogens is 430 g/mol. The first-order chi connectivity index (χ1) is 16.1. The third-order valence-corrected chi connectivity index (χ3v) is 7.48. The molecule has 3 aromatic carbocycles. The Hall–Kier alpha value is -3.43. The molecule has 1 saturated carbocycles. The normalized spacial score (nSPS) is 25.2. The standard InChI is InChI=1S/C29H22ClNO2/c1-17-12-13-20(30)16-23(17)31-28(32)26-21-14-15-22(27(26)29(31)33)25(21)24(18-8-4-2-5-9-18)19-10-6-3-7-11-19/h2-16,21-22,26-27H,1H3/t21-,22-,26-,27-/m0/s1. The first-order valence-electron chi connectivity index (χ1n) is 11.2. The fourth-order valence-electron chi connectivity index (χ4n) is 5.87. The Morgan fingerprint density at radius 2 is 1.27 bits per heavy atom. The van der Waals surface area contributed by atoms with E-state index in [9.17, 15) is 9.59 Å². The Balaban J connectivity index is 1.50. The van der Waals surface area contributed by atoms with Gasteiger partial charge in [0.25, 0.3) is 0 Å². The average Bonchev–Trinajstić information content (AvgIpc) is 3.47. The van der Waals surface area contributed by atoms with Crippen LogP contribution in [-0.4, -0.2) is 11.8 Å². The van der Waals surface area contributed by atoms with Crippen molar-refractivity contribution in [1.82, 2.24) is 0 Å². The van der Waals surface area contributed by atoms with Crippen LogP contribution in [0.3, 0.4) is 0 Å². The second kappa shape index (κ2) is 7.57. The molecule has 4 atom stereocenters. The van der Waals surface area contributed by atoms with Crippen LogP contribution in [0.1, 0.15) is 16.7 Å². The summed E-state index contributed by atoms with van der Waals surface area (Å²) in [6.07, 6.45) is 4.26. The number of fused-ring (bicyclic) bond motifs is 5. The summed E-state index contributed by atoms with van der Waals surface area (Å²) < 4.78 is 0. The van der Waals surface area contributed by atoms with Crippen molar-refractivity contribution in [2.24, 2.45) is 23.7 Å². The molecule has 3 aliphatic rings. The molecule has 2 bridgehead atoms. The van der Waals surface area contributed by atoms with Crippen molar-refractivity contribution in [2.45, 2.75) is 6.92 Å². The van der Waals surface area contributed by atoms with Gasteiger partial charge in [0.2, 0.25) is 11.8 Å². The van der Waals surface area contributed by atoms with E-state index in [1.54, 1.807) is 12.1 Å². The molecule has 0 radical (unpaired) electrons. The Morgan fingerprint density at radius 3 is 1.79 bits per heavy atom. The Morgan fingerprint density at radius 1 is 0.758 bits per heavy atom. The van der Waals surface area contributed by atoms with Crippen LogP contribution in [0.25, 0.3) is 5.57 Å². The molecule has 2 aliphatic carbocycles. The van der Waals surface area contributed by atoms with Gasteiger partial charge in [0.1, 0.15) is 0 Å². The molecule has 3 nitrogen and oxygen atoms in total. The molecular formula is C29H22ClNO2. The van der Waals surface area contributed by atoms with Gasteiger partial charge in [-0.15, -0.1) is 0 Å². The van der Waals surface area contributed by atoms with E-state index in [1.165, 1.54) is 10.5 Å². The number of hydrogen-bond donors (Lipinski definition) is 0. The van der Waals surface area contributed by atoms with E-state index in [4.69, 9.17) is 11.6 Å². The maximum atomic E-state index is 13.7. The number of imide groups is 1. The van der Waals surface area contributed by atoms with Gasteiger partial charge < -0.3 is 0 Å². The summed E-state index contributed by atoms with van der Waals surface area (Å²) in [7, 11) is 0. The van der Waals surface area contributed by atoms with Crippen LogP contribution in [0.4, 0.5) is 5.69 Å². The number of carbonyl (C=O) groups is 2. The lowest BCUT2D eigenvalue weighted by Gasteiger charge is -2.22. The average molecular weight is 452 g/mol. The summed E-state index contributed by atoms with van der Waals surface area (Å²) in [6.45, 7) is 1.90. The van der Waals surface area contributed by atoms with Gasteiger partial charge in [0, 0.05) is 16.9 Å². The van der Waals surface area contributed by atoms with Crippen molar-refractivity contribution < 1.29 is 9.59 Å². The lowest BCUT2D eigenvalue weighted by Crippen LogP contribution is -2.33. The highest BCUT2D eigenvalue weighted by molar-refractivity contribution is 6.31. The van der Waals surface area contributed by atoms with Gasteiger partial charge in [0.05, 0.1) is 17.5 Å². The van der Waals surface area contributed by atoms with Gasteiger partial charge in [-0.3, -0.25) is 9.59 Å². The fourth-order valence-corrected chi connectivity index (χ4v) is 6.03. The van der Waals surface area contributed by atoms with E-state index in [1.807, 2.05) is 49.4 Å². The number of aryl methyl sites for hydroxylation is 1. The maximum Gasteiger partial charge on any atom is 0.238 e. The molecule has 4 heteroatoms. The number of allylic oxidation sites excluding steroid dienone is 3. The molecule has 0 spiro atoms. The number of anilines is 1. The Bertz CT molecular complexity index is 1270. The quantitative estimate of drug-likeness (QED) is 0.358. The zero-order valence-corrected chi connectivity index (χ0v) is 18.9. The summed E-state index contributed by atoms with van der Waals surface area (Å²) in [5.41, 5.74) is 6.01. The second-order valence-electron chi connectivity index (χ2n) is 8.99. The molecule has 3 aromatic rings. The molecule has 1 heterocycles. The largest absolute Gasteiger partial charge is 0.274 e. The van der Waals surface area contributed by atoms with Gasteiger partial charge in [0.15, 0.2) is 0 Å². The number of halogens is 1. The van der Waals surface area contributed by atoms with Crippen LogP contribution in [0.5, 0.6) is 0 Å². The molecule has 2 amide bonds. The van der Waals surface area contributed by atoms with Crippen molar-refractivity contribution in [3.8, 4) is 0 Å². The zero-order valence-electron chi connectivity index (χ0n) is 18.1. The van der Waals surface area contributed by atoms with E-state index in [2.05, 4.69) is 36.4 Å². The summed E-state index contributed by atoms with van der Waals surface area (Å²) in [6, 6.07) is 25.9. The molecule has 2 fully saturated rings. The van der Waals surface area contributed by atoms with E-state index in [0.717, 1.165) is 22.3 Å².